The summed E-state index contributed by atoms with van der Waals surface area (Å²) < 4.78 is 35.8. The van der Waals surface area contributed by atoms with Gasteiger partial charge < -0.3 is 34.4 Å². The van der Waals surface area contributed by atoms with E-state index in [4.69, 9.17) is 9.72 Å². The molecule has 1 atom stereocenters. The molecule has 424 valence electrons. The number of amides is 4. The zero-order valence-electron chi connectivity index (χ0n) is 46.5. The summed E-state index contributed by atoms with van der Waals surface area (Å²) in [6.07, 6.45) is 16.8. The summed E-state index contributed by atoms with van der Waals surface area (Å²) >= 11 is 0. The Morgan fingerprint density at radius 3 is 2.33 bits per heavy atom. The van der Waals surface area contributed by atoms with Gasteiger partial charge >= 0.3 is 0 Å². The number of nitrogens with one attached hydrogen (secondary N) is 2. The molecule has 2 N–H and O–H groups in total. The topological polar surface area (TPSA) is 189 Å². The van der Waals surface area contributed by atoms with E-state index in [1.54, 1.807) is 23.1 Å². The second kappa shape index (κ2) is 25.5. The van der Waals surface area contributed by atoms with Crippen molar-refractivity contribution in [2.24, 2.45) is 11.3 Å². The van der Waals surface area contributed by atoms with Crippen LogP contribution in [0.2, 0.25) is 0 Å². The number of piperidine rings is 2. The lowest BCUT2D eigenvalue weighted by Gasteiger charge is -2.59. The number of imide groups is 1. The number of carbonyl (C=O) groups is 5. The molecule has 19 heteroatoms. The van der Waals surface area contributed by atoms with Crippen molar-refractivity contribution in [1.29, 1.82) is 5.26 Å². The Balaban J connectivity index is 0.000000200. The van der Waals surface area contributed by atoms with E-state index in [-0.39, 0.29) is 5.56 Å². The van der Waals surface area contributed by atoms with E-state index in [0.29, 0.717) is 98.6 Å². The van der Waals surface area contributed by atoms with E-state index in [1.807, 2.05) is 39.0 Å². The van der Waals surface area contributed by atoms with Crippen molar-refractivity contribution in [3.05, 3.63) is 113 Å². The van der Waals surface area contributed by atoms with Crippen molar-refractivity contribution in [3.63, 3.8) is 0 Å². The molecule has 5 fully saturated rings. The molecule has 10 rings (SSSR count). The number of pyridine rings is 2. The smallest absolute Gasteiger partial charge is 0.254 e. The first-order valence-electron chi connectivity index (χ1n) is 28.4. The largest absolute Gasteiger partial charge is 0.492 e. The molecule has 17 nitrogen and oxygen atoms in total. The zero-order valence-corrected chi connectivity index (χ0v) is 46.5. The molecule has 3 aliphatic heterocycles. The summed E-state index contributed by atoms with van der Waals surface area (Å²) in [5, 5.41) is 19.3. The van der Waals surface area contributed by atoms with Crippen LogP contribution >= 0.6 is 0 Å². The fourth-order valence-corrected chi connectivity index (χ4v) is 13.0. The number of hydrogen-bond donors (Lipinski definition) is 2. The van der Waals surface area contributed by atoms with Gasteiger partial charge in [-0.25, -0.2) is 18.3 Å². The second-order valence-electron chi connectivity index (χ2n) is 22.9. The Kier molecular flexibility index (Phi) is 18.4. The lowest BCUT2D eigenvalue weighted by molar-refractivity contribution is -0.135. The van der Waals surface area contributed by atoms with Gasteiger partial charge in [0.1, 0.15) is 41.6 Å². The average Bonchev–Trinajstić information content (AvgIpc) is 3.87. The van der Waals surface area contributed by atoms with Gasteiger partial charge in [-0.1, -0.05) is 31.5 Å². The van der Waals surface area contributed by atoms with E-state index >= 15 is 0 Å². The number of rotatable bonds is 19. The van der Waals surface area contributed by atoms with E-state index in [2.05, 4.69) is 66.6 Å². The summed E-state index contributed by atoms with van der Waals surface area (Å²) in [7, 11) is 2.09. The molecule has 1 unspecified atom stereocenters. The van der Waals surface area contributed by atoms with Crippen LogP contribution in [0.25, 0.3) is 16.6 Å². The maximum atomic E-state index is 14.5. The Morgan fingerprint density at radius 2 is 1.68 bits per heavy atom. The monoisotopic (exact) mass is 1100 g/mol. The lowest BCUT2D eigenvalue weighted by Crippen LogP contribution is -2.62. The minimum Gasteiger partial charge on any atom is -0.492 e. The summed E-state index contributed by atoms with van der Waals surface area (Å²) in [5.41, 5.74) is 5.80. The highest BCUT2D eigenvalue weighted by Crippen LogP contribution is 2.59. The number of fused-ring (bicyclic) bond motifs is 1. The third-order valence-corrected chi connectivity index (χ3v) is 17.6. The molecule has 2 aromatic carbocycles. The van der Waals surface area contributed by atoms with Crippen molar-refractivity contribution in [2.75, 3.05) is 77.5 Å². The molecule has 5 aromatic rings. The minimum atomic E-state index is -0.743. The number of halogens is 2. The first-order valence-corrected chi connectivity index (χ1v) is 28.4. The molecule has 1 spiro atoms. The van der Waals surface area contributed by atoms with Crippen molar-refractivity contribution in [2.45, 2.75) is 115 Å². The van der Waals surface area contributed by atoms with Gasteiger partial charge in [0.05, 0.1) is 41.2 Å². The standard InChI is InChI=1S/C33H36F2N8O2.C28H39N3O4/c1-3-45-26-17-27(31-24(18-36)20-38-43(31)21-26)23-4-7-30(37-19-23)42-10-8-33(9-11-42,22-41-14-12-40(2)13-15-41)39-32(44)28-16-25(34)5-6-29(28)35;1-3-4-26(27(35)29-18-33)31(19-34)16-24-11-23(6-5-20(24)2)22-7-9-30(10-8-22)25-14-28(15-25)12-21(13-28)17-32/h4-7,16-17,19-21H,3,8-15,22H2,1-2H3,(H,39,44);5-6,11,17-19,21-22,25-26H,3-4,7-10,12-16H2,1-2H3,(H,29,33,35). The maximum absolute atomic E-state index is 14.5. The van der Waals surface area contributed by atoms with E-state index in [1.165, 1.54) is 23.3 Å². The fraction of sp³-hybridized carbons (Fsp3) is 0.508. The normalized spacial score (nSPS) is 21.7. The molecule has 0 radical (unpaired) electrons. The molecule has 2 saturated carbocycles. The van der Waals surface area contributed by atoms with Gasteiger partial charge in [-0.3, -0.25) is 29.4 Å². The van der Waals surface area contributed by atoms with Crippen LogP contribution in [-0.4, -0.2) is 155 Å². The van der Waals surface area contributed by atoms with Gasteiger partial charge in [-0.05, 0) is 156 Å². The number of aldehydes is 1. The van der Waals surface area contributed by atoms with Crippen LogP contribution in [-0.2, 0) is 25.7 Å². The third-order valence-electron chi connectivity index (χ3n) is 17.6. The average molecular weight is 1100 g/mol. The molecule has 4 amide bonds. The molecule has 6 heterocycles. The number of likely N-dealkylation sites (N-methyl/N-ethyl adjacent to an activating group) is 1. The number of likely N-dealkylation sites (tertiary alicyclic amines) is 1. The SMILES string of the molecule is CCCC(C(=O)NC=O)N(C=O)Cc1cc(C2CCN(C3CC4(CC(C=O)C4)C3)CC2)ccc1C.CCOc1cc(-c2ccc(N3CCC(CN4CCN(C)CC4)(NC(=O)c4cc(F)ccc4F)CC3)nc2)c2c(C#N)cnn2c1. The van der Waals surface area contributed by atoms with E-state index in [0.717, 1.165) is 130 Å². The Hall–Kier alpha value is -7.14. The van der Waals surface area contributed by atoms with Crippen molar-refractivity contribution >= 4 is 42.3 Å². The number of aryl methyl sites for hydroxylation is 1. The Morgan fingerprint density at radius 1 is 0.925 bits per heavy atom. The van der Waals surface area contributed by atoms with Crippen LogP contribution in [0.3, 0.4) is 0 Å². The molecule has 2 aliphatic carbocycles. The first kappa shape index (κ1) is 57.5. The second-order valence-corrected chi connectivity index (χ2v) is 22.9. The minimum absolute atomic E-state index is 0.285. The first-order chi connectivity index (χ1) is 38.7. The summed E-state index contributed by atoms with van der Waals surface area (Å²) in [6.45, 7) is 14.4. The van der Waals surface area contributed by atoms with Crippen LogP contribution < -0.4 is 20.3 Å². The van der Waals surface area contributed by atoms with Gasteiger partial charge in [0.15, 0.2) is 0 Å². The highest BCUT2D eigenvalue weighted by Gasteiger charge is 2.54. The van der Waals surface area contributed by atoms with Crippen LogP contribution in [0.1, 0.15) is 117 Å². The van der Waals surface area contributed by atoms with Gasteiger partial charge in [0, 0.05) is 81.6 Å². The number of hydrogen-bond acceptors (Lipinski definition) is 13. The highest BCUT2D eigenvalue weighted by molar-refractivity contribution is 5.95. The molecular formula is C61H75F2N11O6. The summed E-state index contributed by atoms with van der Waals surface area (Å²) in [6, 6.07) is 17.6. The lowest BCUT2D eigenvalue weighted by atomic mass is 9.50. The third kappa shape index (κ3) is 13.0. The van der Waals surface area contributed by atoms with Crippen LogP contribution in [0, 0.1) is 41.2 Å². The van der Waals surface area contributed by atoms with Gasteiger partial charge in [0.25, 0.3) is 5.91 Å². The predicted molar refractivity (Wildman–Crippen MR) is 300 cm³/mol. The number of carbonyl (C=O) groups excluding carboxylic acids is 5. The summed E-state index contributed by atoms with van der Waals surface area (Å²) in [4.78, 5) is 75.0. The van der Waals surface area contributed by atoms with Crippen molar-refractivity contribution in [3.8, 4) is 22.9 Å². The predicted octanol–water partition coefficient (Wildman–Crippen LogP) is 7.29. The van der Waals surface area contributed by atoms with Crippen LogP contribution in [0.4, 0.5) is 14.6 Å². The number of anilines is 1. The summed E-state index contributed by atoms with van der Waals surface area (Å²) in [5.74, 6) is -0.189. The molecule has 3 saturated heterocycles. The van der Waals surface area contributed by atoms with Gasteiger partial charge in [-0.15, -0.1) is 0 Å². The van der Waals surface area contributed by atoms with E-state index < -0.39 is 35.0 Å². The fourth-order valence-electron chi connectivity index (χ4n) is 13.0. The highest BCUT2D eigenvalue weighted by atomic mass is 19.1. The Bertz CT molecular complexity index is 3040. The molecule has 3 aromatic heterocycles. The Labute approximate surface area is 467 Å². The van der Waals surface area contributed by atoms with Crippen molar-refractivity contribution < 1.29 is 37.5 Å². The molecule has 80 heavy (non-hydrogen) atoms. The molecule has 5 aliphatic rings. The van der Waals surface area contributed by atoms with Crippen LogP contribution in [0.15, 0.2) is 73.2 Å². The number of nitrogens with zero attached hydrogens (tertiary/aromatic N) is 9. The number of piperazine rings is 1. The number of nitriles is 1. The van der Waals surface area contributed by atoms with Gasteiger partial charge in [0.2, 0.25) is 18.7 Å². The zero-order chi connectivity index (χ0) is 56.6. The van der Waals surface area contributed by atoms with Crippen molar-refractivity contribution in [1.82, 2.24) is 44.8 Å². The van der Waals surface area contributed by atoms with Crippen LogP contribution in [0.5, 0.6) is 5.75 Å². The number of benzene rings is 2. The van der Waals surface area contributed by atoms with E-state index in [9.17, 15) is 38.0 Å². The molecule has 0 bridgehead atoms. The molecular weight excluding hydrogens is 1020 g/mol. The van der Waals surface area contributed by atoms with Gasteiger partial charge in [-0.2, -0.15) is 10.4 Å². The maximum Gasteiger partial charge on any atom is 0.254 e. The number of aromatic nitrogens is 3. The quantitative estimate of drug-likeness (QED) is 0.0786. The number of ether oxygens (including phenoxy) is 1.